The van der Waals surface area contributed by atoms with Gasteiger partial charge < -0.3 is 10.6 Å². The van der Waals surface area contributed by atoms with Gasteiger partial charge in [0.15, 0.2) is 0 Å². The average Bonchev–Trinajstić information content (AvgIpc) is 2.38. The molecule has 0 bridgehead atoms. The van der Waals surface area contributed by atoms with E-state index in [1.165, 1.54) is 43.6 Å². The maximum atomic E-state index is 5.99. The number of benzene rings is 1. The number of halogens is 1. The Morgan fingerprint density at radius 1 is 1.47 bits per heavy atom. The lowest BCUT2D eigenvalue weighted by atomic mass is 9.94. The number of nitrogens with zero attached hydrogens (tertiary/aromatic N) is 1. The minimum absolute atomic E-state index is 0.208. The summed E-state index contributed by atoms with van der Waals surface area (Å²) in [6, 6.07) is 6.84. The molecule has 3 heteroatoms. The first kappa shape index (κ1) is 14.9. The van der Waals surface area contributed by atoms with Crippen LogP contribution in [0.25, 0.3) is 0 Å². The SMILES string of the molecule is CCC1CCCN(c2ccc(Br)cc2CC(C)N)C1. The van der Waals surface area contributed by atoms with Crippen molar-refractivity contribution in [1.29, 1.82) is 0 Å². The molecule has 0 amide bonds. The summed E-state index contributed by atoms with van der Waals surface area (Å²) in [4.78, 5) is 2.56. The Hall–Kier alpha value is -0.540. The fourth-order valence-electron chi connectivity index (χ4n) is 2.99. The highest BCUT2D eigenvalue weighted by molar-refractivity contribution is 9.10. The fraction of sp³-hybridized carbons (Fsp3) is 0.625. The molecule has 2 N–H and O–H groups in total. The van der Waals surface area contributed by atoms with Crippen LogP contribution in [0.4, 0.5) is 5.69 Å². The molecule has 0 saturated carbocycles. The van der Waals surface area contributed by atoms with E-state index in [0.29, 0.717) is 0 Å². The highest BCUT2D eigenvalue weighted by Gasteiger charge is 2.20. The second-order valence-corrected chi connectivity index (χ2v) is 6.73. The zero-order valence-electron chi connectivity index (χ0n) is 12.0. The monoisotopic (exact) mass is 324 g/mol. The molecule has 1 aliphatic rings. The zero-order valence-corrected chi connectivity index (χ0v) is 13.6. The molecule has 2 rings (SSSR count). The largest absolute Gasteiger partial charge is 0.371 e. The summed E-state index contributed by atoms with van der Waals surface area (Å²) in [6.07, 6.45) is 4.93. The quantitative estimate of drug-likeness (QED) is 0.908. The van der Waals surface area contributed by atoms with E-state index in [9.17, 15) is 0 Å². The number of anilines is 1. The van der Waals surface area contributed by atoms with Gasteiger partial charge in [-0.25, -0.2) is 0 Å². The first-order valence-corrected chi connectivity index (χ1v) is 8.18. The van der Waals surface area contributed by atoms with Gasteiger partial charge in [0.1, 0.15) is 0 Å². The van der Waals surface area contributed by atoms with Gasteiger partial charge in [0.2, 0.25) is 0 Å². The molecule has 1 aromatic rings. The summed E-state index contributed by atoms with van der Waals surface area (Å²) in [5, 5.41) is 0. The minimum Gasteiger partial charge on any atom is -0.371 e. The topological polar surface area (TPSA) is 29.3 Å². The van der Waals surface area contributed by atoms with Crippen LogP contribution < -0.4 is 10.6 Å². The Morgan fingerprint density at radius 3 is 2.95 bits per heavy atom. The van der Waals surface area contributed by atoms with Crippen LogP contribution in [-0.2, 0) is 6.42 Å². The summed E-state index contributed by atoms with van der Waals surface area (Å²) < 4.78 is 1.15. The third-order valence-electron chi connectivity index (χ3n) is 4.02. The maximum absolute atomic E-state index is 5.99. The first-order valence-electron chi connectivity index (χ1n) is 7.39. The van der Waals surface area contributed by atoms with Crippen molar-refractivity contribution in [3.63, 3.8) is 0 Å². The van der Waals surface area contributed by atoms with Crippen molar-refractivity contribution in [3.05, 3.63) is 28.2 Å². The molecule has 1 saturated heterocycles. The van der Waals surface area contributed by atoms with Crippen LogP contribution in [0, 0.1) is 5.92 Å². The number of nitrogens with two attached hydrogens (primary N) is 1. The molecule has 1 aromatic carbocycles. The predicted octanol–water partition coefficient (Wildman–Crippen LogP) is 3.97. The lowest BCUT2D eigenvalue weighted by molar-refractivity contribution is 0.404. The molecule has 1 heterocycles. The number of piperidine rings is 1. The molecule has 0 aliphatic carbocycles. The number of hydrogen-bond acceptors (Lipinski definition) is 2. The minimum atomic E-state index is 0.208. The molecule has 1 aliphatic heterocycles. The van der Waals surface area contributed by atoms with Crippen LogP contribution >= 0.6 is 15.9 Å². The Bertz CT molecular complexity index is 417. The molecular weight excluding hydrogens is 300 g/mol. The maximum Gasteiger partial charge on any atom is 0.0400 e. The summed E-state index contributed by atoms with van der Waals surface area (Å²) >= 11 is 3.58. The van der Waals surface area contributed by atoms with E-state index in [4.69, 9.17) is 5.73 Å². The Morgan fingerprint density at radius 2 is 2.26 bits per heavy atom. The molecule has 0 aromatic heterocycles. The predicted molar refractivity (Wildman–Crippen MR) is 86.7 cm³/mol. The third kappa shape index (κ3) is 3.96. The summed E-state index contributed by atoms with van der Waals surface area (Å²) in [5.41, 5.74) is 8.76. The normalized spacial score (nSPS) is 21.5. The smallest absolute Gasteiger partial charge is 0.0400 e. The van der Waals surface area contributed by atoms with Crippen molar-refractivity contribution in [1.82, 2.24) is 0 Å². The molecule has 0 radical (unpaired) electrons. The van der Waals surface area contributed by atoms with E-state index in [1.54, 1.807) is 0 Å². The van der Waals surface area contributed by atoms with Crippen LogP contribution in [0.5, 0.6) is 0 Å². The molecule has 106 valence electrons. The average molecular weight is 325 g/mol. The molecule has 0 spiro atoms. The van der Waals surface area contributed by atoms with Gasteiger partial charge in [-0.2, -0.15) is 0 Å². The van der Waals surface area contributed by atoms with Gasteiger partial charge in [-0.3, -0.25) is 0 Å². The summed E-state index contributed by atoms with van der Waals surface area (Å²) in [6.45, 7) is 6.77. The highest BCUT2D eigenvalue weighted by atomic mass is 79.9. The Balaban J connectivity index is 2.22. The first-order chi connectivity index (χ1) is 9.10. The van der Waals surface area contributed by atoms with Crippen molar-refractivity contribution in [2.45, 2.75) is 45.6 Å². The zero-order chi connectivity index (χ0) is 13.8. The molecule has 19 heavy (non-hydrogen) atoms. The van der Waals surface area contributed by atoms with Gasteiger partial charge >= 0.3 is 0 Å². The van der Waals surface area contributed by atoms with Crippen molar-refractivity contribution in [2.75, 3.05) is 18.0 Å². The van der Waals surface area contributed by atoms with Gasteiger partial charge in [-0.1, -0.05) is 29.3 Å². The van der Waals surface area contributed by atoms with E-state index in [-0.39, 0.29) is 6.04 Å². The summed E-state index contributed by atoms with van der Waals surface area (Å²) in [5.74, 6) is 0.848. The van der Waals surface area contributed by atoms with E-state index in [0.717, 1.165) is 16.8 Å². The lowest BCUT2D eigenvalue weighted by Crippen LogP contribution is -2.36. The lowest BCUT2D eigenvalue weighted by Gasteiger charge is -2.35. The molecule has 2 atom stereocenters. The van der Waals surface area contributed by atoms with Gasteiger partial charge in [-0.05, 0) is 55.9 Å². The van der Waals surface area contributed by atoms with Crippen LogP contribution in [0.2, 0.25) is 0 Å². The van der Waals surface area contributed by atoms with Crippen molar-refractivity contribution >= 4 is 21.6 Å². The molecular formula is C16H25BrN2. The Kier molecular flexibility index (Phi) is 5.28. The van der Waals surface area contributed by atoms with E-state index >= 15 is 0 Å². The fourth-order valence-corrected chi connectivity index (χ4v) is 3.40. The van der Waals surface area contributed by atoms with Crippen molar-refractivity contribution in [3.8, 4) is 0 Å². The van der Waals surface area contributed by atoms with Gasteiger partial charge in [-0.15, -0.1) is 0 Å². The summed E-state index contributed by atoms with van der Waals surface area (Å²) in [7, 11) is 0. The van der Waals surface area contributed by atoms with Crippen molar-refractivity contribution in [2.24, 2.45) is 11.7 Å². The second-order valence-electron chi connectivity index (χ2n) is 5.82. The van der Waals surface area contributed by atoms with Crippen LogP contribution in [0.3, 0.4) is 0 Å². The van der Waals surface area contributed by atoms with Crippen LogP contribution in [-0.4, -0.2) is 19.1 Å². The number of hydrogen-bond donors (Lipinski definition) is 1. The molecule has 2 unspecified atom stereocenters. The standard InChI is InChI=1S/C16H25BrN2/c1-3-13-5-4-8-19(11-13)16-7-6-15(17)10-14(16)9-12(2)18/h6-7,10,12-13H,3-5,8-9,11,18H2,1-2H3. The molecule has 1 fully saturated rings. The third-order valence-corrected chi connectivity index (χ3v) is 4.51. The van der Waals surface area contributed by atoms with E-state index in [1.807, 2.05) is 0 Å². The van der Waals surface area contributed by atoms with Gasteiger partial charge in [0.05, 0.1) is 0 Å². The van der Waals surface area contributed by atoms with Crippen molar-refractivity contribution < 1.29 is 0 Å². The van der Waals surface area contributed by atoms with E-state index in [2.05, 4.69) is 52.9 Å². The second kappa shape index (κ2) is 6.76. The highest BCUT2D eigenvalue weighted by Crippen LogP contribution is 2.30. The van der Waals surface area contributed by atoms with Crippen LogP contribution in [0.15, 0.2) is 22.7 Å². The van der Waals surface area contributed by atoms with Gasteiger partial charge in [0, 0.05) is 29.3 Å². The molecule has 2 nitrogen and oxygen atoms in total. The Labute approximate surface area is 125 Å². The number of rotatable bonds is 4. The van der Waals surface area contributed by atoms with Crippen LogP contribution in [0.1, 0.15) is 38.7 Å². The van der Waals surface area contributed by atoms with E-state index < -0.39 is 0 Å². The van der Waals surface area contributed by atoms with Gasteiger partial charge in [0.25, 0.3) is 0 Å².